The van der Waals surface area contributed by atoms with Crippen molar-refractivity contribution in [3.8, 4) is 0 Å². The first-order chi connectivity index (χ1) is 10.8. The number of nitrogens with one attached hydrogen (secondary N) is 1. The molecule has 0 spiro atoms. The van der Waals surface area contributed by atoms with Crippen molar-refractivity contribution in [1.82, 2.24) is 10.2 Å². The molecule has 3 rings (SSSR count). The van der Waals surface area contributed by atoms with Crippen LogP contribution in [-0.2, 0) is 4.74 Å². The normalized spacial score (nSPS) is 25.4. The Morgan fingerprint density at radius 3 is 2.64 bits per heavy atom. The van der Waals surface area contributed by atoms with E-state index in [0.29, 0.717) is 12.0 Å². The molecule has 2 aliphatic rings. The van der Waals surface area contributed by atoms with Gasteiger partial charge in [-0.05, 0) is 49.8 Å². The van der Waals surface area contributed by atoms with Crippen molar-refractivity contribution in [2.75, 3.05) is 39.4 Å². The zero-order chi connectivity index (χ0) is 15.2. The third-order valence-corrected chi connectivity index (χ3v) is 5.21. The molecule has 2 fully saturated rings. The third kappa shape index (κ3) is 4.55. The summed E-state index contributed by atoms with van der Waals surface area (Å²) in [4.78, 5) is 2.64. The summed E-state index contributed by atoms with van der Waals surface area (Å²) in [6.45, 7) is 9.09. The number of hydrogen-bond acceptors (Lipinski definition) is 3. The molecule has 1 aromatic carbocycles. The fraction of sp³-hybridized carbons (Fsp3) is 0.684. The van der Waals surface area contributed by atoms with Crippen LogP contribution in [0, 0.1) is 5.92 Å². The van der Waals surface area contributed by atoms with Crippen LogP contribution in [0.1, 0.15) is 37.7 Å². The van der Waals surface area contributed by atoms with Crippen LogP contribution in [0.25, 0.3) is 0 Å². The van der Waals surface area contributed by atoms with Crippen LogP contribution in [0.15, 0.2) is 30.3 Å². The third-order valence-electron chi connectivity index (χ3n) is 5.21. The van der Waals surface area contributed by atoms with E-state index in [-0.39, 0.29) is 0 Å². The van der Waals surface area contributed by atoms with E-state index in [2.05, 4.69) is 47.5 Å². The smallest absolute Gasteiger partial charge is 0.0507 e. The molecule has 2 aliphatic heterocycles. The van der Waals surface area contributed by atoms with E-state index in [1.165, 1.54) is 44.5 Å². The number of nitrogens with zero attached hydrogens (tertiary/aromatic N) is 1. The van der Waals surface area contributed by atoms with Crippen LogP contribution in [-0.4, -0.2) is 50.3 Å². The maximum absolute atomic E-state index is 5.49. The molecule has 0 unspecified atom stereocenters. The number of benzene rings is 1. The lowest BCUT2D eigenvalue weighted by atomic mass is 9.99. The SMILES string of the molecule is C[C@H](CNC1CCN(C[C@@H]2CCOC2)CC1)c1ccccc1. The molecule has 22 heavy (non-hydrogen) atoms. The Kier molecular flexibility index (Phi) is 5.88. The highest BCUT2D eigenvalue weighted by Gasteiger charge is 2.23. The number of likely N-dealkylation sites (tertiary alicyclic amines) is 1. The van der Waals surface area contributed by atoms with Gasteiger partial charge in [0.05, 0.1) is 6.61 Å². The first-order valence-corrected chi connectivity index (χ1v) is 8.89. The Morgan fingerprint density at radius 2 is 1.95 bits per heavy atom. The van der Waals surface area contributed by atoms with E-state index >= 15 is 0 Å². The molecule has 0 bridgehead atoms. The van der Waals surface area contributed by atoms with Gasteiger partial charge >= 0.3 is 0 Å². The lowest BCUT2D eigenvalue weighted by molar-refractivity contribution is 0.147. The van der Waals surface area contributed by atoms with Gasteiger partial charge in [0.1, 0.15) is 0 Å². The Balaban J connectivity index is 1.35. The second-order valence-electron chi connectivity index (χ2n) is 7.02. The highest BCUT2D eigenvalue weighted by atomic mass is 16.5. The minimum atomic E-state index is 0.592. The van der Waals surface area contributed by atoms with Crippen molar-refractivity contribution in [1.29, 1.82) is 0 Å². The van der Waals surface area contributed by atoms with Crippen LogP contribution < -0.4 is 5.32 Å². The van der Waals surface area contributed by atoms with Crippen LogP contribution >= 0.6 is 0 Å². The summed E-state index contributed by atoms with van der Waals surface area (Å²) in [6, 6.07) is 11.5. The summed E-state index contributed by atoms with van der Waals surface area (Å²) < 4.78 is 5.49. The topological polar surface area (TPSA) is 24.5 Å². The number of piperidine rings is 1. The lowest BCUT2D eigenvalue weighted by Crippen LogP contribution is -2.44. The van der Waals surface area contributed by atoms with Crippen molar-refractivity contribution in [3.63, 3.8) is 0 Å². The molecule has 0 aromatic heterocycles. The van der Waals surface area contributed by atoms with Crippen molar-refractivity contribution >= 4 is 0 Å². The molecule has 3 heteroatoms. The standard InChI is InChI=1S/C19H30N2O/c1-16(18-5-3-2-4-6-18)13-20-19-7-10-21(11-8-19)14-17-9-12-22-15-17/h2-6,16-17,19-20H,7-15H2,1H3/t16-,17+/m1/s1. The van der Waals surface area contributed by atoms with Gasteiger partial charge < -0.3 is 15.0 Å². The molecule has 0 saturated carbocycles. The van der Waals surface area contributed by atoms with Gasteiger partial charge in [-0.25, -0.2) is 0 Å². The molecule has 0 aliphatic carbocycles. The van der Waals surface area contributed by atoms with E-state index < -0.39 is 0 Å². The Hall–Kier alpha value is -0.900. The second-order valence-corrected chi connectivity index (χ2v) is 7.02. The van der Waals surface area contributed by atoms with Gasteiger partial charge in [-0.1, -0.05) is 37.3 Å². The summed E-state index contributed by atoms with van der Waals surface area (Å²) >= 11 is 0. The van der Waals surface area contributed by atoms with E-state index in [0.717, 1.165) is 25.7 Å². The molecular formula is C19H30N2O. The van der Waals surface area contributed by atoms with Crippen molar-refractivity contribution in [2.24, 2.45) is 5.92 Å². The molecule has 1 N–H and O–H groups in total. The molecular weight excluding hydrogens is 272 g/mol. The highest BCUT2D eigenvalue weighted by Crippen LogP contribution is 2.19. The fourth-order valence-electron chi connectivity index (χ4n) is 3.66. The first kappa shape index (κ1) is 16.0. The van der Waals surface area contributed by atoms with Crippen molar-refractivity contribution in [2.45, 2.75) is 38.1 Å². The second kappa shape index (κ2) is 8.09. The number of hydrogen-bond donors (Lipinski definition) is 1. The quantitative estimate of drug-likeness (QED) is 0.874. The van der Waals surface area contributed by atoms with E-state index in [4.69, 9.17) is 4.74 Å². The summed E-state index contributed by atoms with van der Waals surface area (Å²) in [5.41, 5.74) is 1.44. The summed E-state index contributed by atoms with van der Waals surface area (Å²) in [5.74, 6) is 1.37. The molecule has 2 saturated heterocycles. The van der Waals surface area contributed by atoms with Gasteiger partial charge in [0, 0.05) is 25.7 Å². The summed E-state index contributed by atoms with van der Waals surface area (Å²) in [5, 5.41) is 3.78. The van der Waals surface area contributed by atoms with Crippen molar-refractivity contribution in [3.05, 3.63) is 35.9 Å². The molecule has 3 nitrogen and oxygen atoms in total. The predicted molar refractivity (Wildman–Crippen MR) is 91.2 cm³/mol. The van der Waals surface area contributed by atoms with Crippen LogP contribution in [0.2, 0.25) is 0 Å². The van der Waals surface area contributed by atoms with Gasteiger partial charge in [0.25, 0.3) is 0 Å². The van der Waals surface area contributed by atoms with Gasteiger partial charge in [-0.3, -0.25) is 0 Å². The number of ether oxygens (including phenoxy) is 1. The minimum absolute atomic E-state index is 0.592. The van der Waals surface area contributed by atoms with Crippen molar-refractivity contribution < 1.29 is 4.74 Å². The maximum atomic E-state index is 5.49. The molecule has 1 aromatic rings. The monoisotopic (exact) mass is 302 g/mol. The Morgan fingerprint density at radius 1 is 1.18 bits per heavy atom. The van der Waals surface area contributed by atoms with Gasteiger partial charge in [0.2, 0.25) is 0 Å². The lowest BCUT2D eigenvalue weighted by Gasteiger charge is -2.34. The maximum Gasteiger partial charge on any atom is 0.0507 e. The predicted octanol–water partition coefficient (Wildman–Crippen LogP) is 2.88. The average Bonchev–Trinajstić information content (AvgIpc) is 3.08. The molecule has 122 valence electrons. The van der Waals surface area contributed by atoms with Gasteiger partial charge in [-0.15, -0.1) is 0 Å². The molecule has 2 atom stereocenters. The van der Waals surface area contributed by atoms with Gasteiger partial charge in [0.15, 0.2) is 0 Å². The average molecular weight is 302 g/mol. The Labute approximate surface area is 135 Å². The molecule has 0 amide bonds. The Bertz CT molecular complexity index is 422. The molecule has 0 radical (unpaired) electrons. The van der Waals surface area contributed by atoms with Crippen LogP contribution in [0.4, 0.5) is 0 Å². The van der Waals surface area contributed by atoms with Crippen LogP contribution in [0.3, 0.4) is 0 Å². The summed E-state index contributed by atoms with van der Waals surface area (Å²) in [6.07, 6.45) is 3.83. The number of rotatable bonds is 6. The summed E-state index contributed by atoms with van der Waals surface area (Å²) in [7, 11) is 0. The van der Waals surface area contributed by atoms with E-state index in [1.807, 2.05) is 0 Å². The fourth-order valence-corrected chi connectivity index (χ4v) is 3.66. The van der Waals surface area contributed by atoms with Gasteiger partial charge in [-0.2, -0.15) is 0 Å². The zero-order valence-electron chi connectivity index (χ0n) is 13.8. The van der Waals surface area contributed by atoms with E-state index in [9.17, 15) is 0 Å². The zero-order valence-corrected chi connectivity index (χ0v) is 13.8. The largest absolute Gasteiger partial charge is 0.381 e. The highest BCUT2D eigenvalue weighted by molar-refractivity contribution is 5.19. The minimum Gasteiger partial charge on any atom is -0.381 e. The first-order valence-electron chi connectivity index (χ1n) is 8.89. The van der Waals surface area contributed by atoms with Crippen LogP contribution in [0.5, 0.6) is 0 Å². The van der Waals surface area contributed by atoms with E-state index in [1.54, 1.807) is 0 Å². The molecule has 2 heterocycles.